The predicted molar refractivity (Wildman–Crippen MR) is 115 cm³/mol. The molecule has 1 aromatic heterocycles. The summed E-state index contributed by atoms with van der Waals surface area (Å²) in [6, 6.07) is 15.3. The molecule has 0 saturated carbocycles. The largest absolute Gasteiger partial charge is 0.497 e. The molecule has 0 N–H and O–H groups in total. The van der Waals surface area contributed by atoms with Crippen LogP contribution < -0.4 is 4.74 Å². The Labute approximate surface area is 175 Å². The average Bonchev–Trinajstić information content (AvgIpc) is 3.14. The summed E-state index contributed by atoms with van der Waals surface area (Å²) in [5.74, 6) is 1.54. The van der Waals surface area contributed by atoms with E-state index in [1.165, 1.54) is 11.8 Å². The van der Waals surface area contributed by atoms with Gasteiger partial charge in [0.1, 0.15) is 5.75 Å². The number of aromatic nitrogens is 3. The van der Waals surface area contributed by atoms with E-state index < -0.39 is 0 Å². The molecule has 1 heterocycles. The van der Waals surface area contributed by atoms with Gasteiger partial charge in [-0.3, -0.25) is 9.36 Å². The summed E-state index contributed by atoms with van der Waals surface area (Å²) in [6.07, 6.45) is 0. The van der Waals surface area contributed by atoms with Crippen LogP contribution in [0, 0.1) is 6.92 Å². The minimum Gasteiger partial charge on any atom is -0.497 e. The number of methoxy groups -OCH3 is 2. The van der Waals surface area contributed by atoms with E-state index in [1.807, 2.05) is 36.6 Å². The number of hydrogen-bond donors (Lipinski definition) is 0. The van der Waals surface area contributed by atoms with Gasteiger partial charge in [-0.25, -0.2) is 0 Å². The summed E-state index contributed by atoms with van der Waals surface area (Å²) < 4.78 is 12.4. The zero-order chi connectivity index (χ0) is 20.8. The van der Waals surface area contributed by atoms with Gasteiger partial charge in [-0.05, 0) is 44.2 Å². The molecule has 0 fully saturated rings. The molecule has 7 heteroatoms. The van der Waals surface area contributed by atoms with Gasteiger partial charge in [0.15, 0.2) is 16.8 Å². The number of aryl methyl sites for hydroxylation is 1. The molecule has 0 unspecified atom stereocenters. The van der Waals surface area contributed by atoms with Gasteiger partial charge in [0.25, 0.3) is 0 Å². The van der Waals surface area contributed by atoms with Crippen LogP contribution in [0.1, 0.15) is 22.8 Å². The van der Waals surface area contributed by atoms with Crippen LogP contribution in [0.2, 0.25) is 0 Å². The molecule has 3 rings (SSSR count). The average molecular weight is 412 g/mol. The van der Waals surface area contributed by atoms with Gasteiger partial charge in [0, 0.05) is 18.2 Å². The molecular formula is C22H25N3O3S. The maximum absolute atomic E-state index is 12.9. The van der Waals surface area contributed by atoms with E-state index in [0.717, 1.165) is 22.7 Å². The quantitative estimate of drug-likeness (QED) is 0.387. The second-order valence-corrected chi connectivity index (χ2v) is 7.98. The lowest BCUT2D eigenvalue weighted by atomic mass is 10.1. The molecule has 6 nitrogen and oxygen atoms in total. The smallest absolute Gasteiger partial charge is 0.192 e. The standard InChI is InChI=1S/C22H25N3O3S/c1-15-6-5-7-18(14-15)21-23-24-22(25(21)12-13-27-3)29-16(2)20(26)17-8-10-19(28-4)11-9-17/h5-11,14,16H,12-13H2,1-4H3/t16-/m0/s1. The molecule has 0 aliphatic heterocycles. The third kappa shape index (κ3) is 5.05. The van der Waals surface area contributed by atoms with Crippen LogP contribution in [0.5, 0.6) is 5.75 Å². The van der Waals surface area contributed by atoms with Crippen molar-refractivity contribution >= 4 is 17.5 Å². The molecule has 0 amide bonds. The van der Waals surface area contributed by atoms with Gasteiger partial charge in [-0.2, -0.15) is 0 Å². The summed E-state index contributed by atoms with van der Waals surface area (Å²) in [5, 5.41) is 9.16. The Kier molecular flexibility index (Phi) is 7.06. The topological polar surface area (TPSA) is 66.2 Å². The third-order valence-electron chi connectivity index (χ3n) is 4.54. The zero-order valence-corrected chi connectivity index (χ0v) is 17.9. The maximum atomic E-state index is 12.9. The third-order valence-corrected chi connectivity index (χ3v) is 5.62. The van der Waals surface area contributed by atoms with E-state index in [-0.39, 0.29) is 11.0 Å². The number of ether oxygens (including phenoxy) is 2. The summed E-state index contributed by atoms with van der Waals surface area (Å²) in [6.45, 7) is 5.08. The van der Waals surface area contributed by atoms with Crippen molar-refractivity contribution in [1.82, 2.24) is 14.8 Å². The van der Waals surface area contributed by atoms with Crippen molar-refractivity contribution in [3.8, 4) is 17.1 Å². The number of carbonyl (C=O) groups excluding carboxylic acids is 1. The molecule has 0 bridgehead atoms. The molecule has 0 radical (unpaired) electrons. The number of thioether (sulfide) groups is 1. The lowest BCUT2D eigenvalue weighted by Crippen LogP contribution is -2.15. The fraction of sp³-hybridized carbons (Fsp3) is 0.318. The van der Waals surface area contributed by atoms with Crippen molar-refractivity contribution in [3.63, 3.8) is 0 Å². The lowest BCUT2D eigenvalue weighted by Gasteiger charge is -2.13. The highest BCUT2D eigenvalue weighted by Gasteiger charge is 2.22. The van der Waals surface area contributed by atoms with Gasteiger partial charge in [0.05, 0.1) is 25.5 Å². The Morgan fingerprint density at radius 1 is 1.14 bits per heavy atom. The Morgan fingerprint density at radius 3 is 2.55 bits per heavy atom. The van der Waals surface area contributed by atoms with Crippen LogP contribution in [0.25, 0.3) is 11.4 Å². The van der Waals surface area contributed by atoms with Crippen molar-refractivity contribution < 1.29 is 14.3 Å². The molecule has 29 heavy (non-hydrogen) atoms. The molecule has 0 aliphatic carbocycles. The van der Waals surface area contributed by atoms with Crippen LogP contribution in [0.4, 0.5) is 0 Å². The highest BCUT2D eigenvalue weighted by atomic mass is 32.2. The Hall–Kier alpha value is -2.64. The Bertz CT molecular complexity index is 970. The minimum absolute atomic E-state index is 0.0380. The predicted octanol–water partition coefficient (Wildman–Crippen LogP) is 4.27. The van der Waals surface area contributed by atoms with Crippen LogP contribution in [0.3, 0.4) is 0 Å². The first kappa shape index (κ1) is 21.1. The van der Waals surface area contributed by atoms with Gasteiger partial charge >= 0.3 is 0 Å². The highest BCUT2D eigenvalue weighted by molar-refractivity contribution is 8.00. The number of benzene rings is 2. The van der Waals surface area contributed by atoms with Crippen molar-refractivity contribution in [2.45, 2.75) is 30.8 Å². The van der Waals surface area contributed by atoms with Crippen LogP contribution in [0.15, 0.2) is 53.7 Å². The van der Waals surface area contributed by atoms with Crippen LogP contribution in [-0.2, 0) is 11.3 Å². The maximum Gasteiger partial charge on any atom is 0.192 e. The van der Waals surface area contributed by atoms with E-state index >= 15 is 0 Å². The molecule has 0 aliphatic rings. The van der Waals surface area contributed by atoms with E-state index in [4.69, 9.17) is 9.47 Å². The lowest BCUT2D eigenvalue weighted by molar-refractivity contribution is 0.0994. The number of rotatable bonds is 9. The second-order valence-electron chi connectivity index (χ2n) is 6.67. The van der Waals surface area contributed by atoms with Gasteiger partial charge in [-0.15, -0.1) is 10.2 Å². The number of nitrogens with zero attached hydrogens (tertiary/aromatic N) is 3. The van der Waals surface area contributed by atoms with E-state index in [9.17, 15) is 4.79 Å². The molecule has 0 saturated heterocycles. The number of Topliss-reactive ketones (excluding diaryl/α,β-unsaturated/α-hetero) is 1. The molecular weight excluding hydrogens is 386 g/mol. The SMILES string of the molecule is COCCn1c(S[C@@H](C)C(=O)c2ccc(OC)cc2)nnc1-c1cccc(C)c1. The molecule has 0 spiro atoms. The first-order valence-corrected chi connectivity index (χ1v) is 10.3. The summed E-state index contributed by atoms with van der Waals surface area (Å²) >= 11 is 1.41. The van der Waals surface area contributed by atoms with Gasteiger partial charge in [-0.1, -0.05) is 35.5 Å². The van der Waals surface area contributed by atoms with Crippen molar-refractivity contribution in [2.75, 3.05) is 20.8 Å². The molecule has 152 valence electrons. The molecule has 1 atom stereocenters. The number of hydrogen-bond acceptors (Lipinski definition) is 6. The van der Waals surface area contributed by atoms with Crippen LogP contribution >= 0.6 is 11.8 Å². The van der Waals surface area contributed by atoms with E-state index in [0.29, 0.717) is 23.9 Å². The highest BCUT2D eigenvalue weighted by Crippen LogP contribution is 2.29. The molecule has 3 aromatic rings. The zero-order valence-electron chi connectivity index (χ0n) is 17.1. The van der Waals surface area contributed by atoms with Crippen molar-refractivity contribution in [2.24, 2.45) is 0 Å². The van der Waals surface area contributed by atoms with E-state index in [2.05, 4.69) is 16.3 Å². The van der Waals surface area contributed by atoms with Crippen LogP contribution in [-0.4, -0.2) is 46.6 Å². The van der Waals surface area contributed by atoms with E-state index in [1.54, 1.807) is 38.5 Å². The van der Waals surface area contributed by atoms with Crippen molar-refractivity contribution in [3.05, 3.63) is 59.7 Å². The van der Waals surface area contributed by atoms with Gasteiger partial charge < -0.3 is 9.47 Å². The summed E-state index contributed by atoms with van der Waals surface area (Å²) in [7, 11) is 3.27. The Balaban J connectivity index is 1.84. The van der Waals surface area contributed by atoms with Crippen molar-refractivity contribution in [1.29, 1.82) is 0 Å². The first-order valence-electron chi connectivity index (χ1n) is 9.37. The number of carbonyl (C=O) groups is 1. The Morgan fingerprint density at radius 2 is 1.90 bits per heavy atom. The molecule has 2 aromatic carbocycles. The number of ketones is 1. The minimum atomic E-state index is -0.306. The fourth-order valence-corrected chi connectivity index (χ4v) is 3.91. The summed E-state index contributed by atoms with van der Waals surface area (Å²) in [5.41, 5.74) is 2.79. The monoisotopic (exact) mass is 411 g/mol. The first-order chi connectivity index (χ1) is 14.0. The normalized spacial score (nSPS) is 12.0. The summed E-state index contributed by atoms with van der Waals surface area (Å²) in [4.78, 5) is 12.9. The van der Waals surface area contributed by atoms with Gasteiger partial charge in [0.2, 0.25) is 0 Å². The fourth-order valence-electron chi connectivity index (χ4n) is 2.96. The second kappa shape index (κ2) is 9.71.